The molecule has 0 heterocycles. The van der Waals surface area contributed by atoms with Crippen LogP contribution in [0.25, 0.3) is 12.2 Å². The van der Waals surface area contributed by atoms with Crippen LogP contribution in [0, 0.1) is 0 Å². The molecule has 3 rings (SSSR count). The molecule has 0 unspecified atom stereocenters. The molecule has 0 aliphatic rings. The van der Waals surface area contributed by atoms with Crippen molar-refractivity contribution in [3.63, 3.8) is 0 Å². The molecule has 0 saturated carbocycles. The molecule has 0 radical (unpaired) electrons. The van der Waals surface area contributed by atoms with E-state index in [1.807, 2.05) is 6.07 Å². The average molecular weight is 299 g/mol. The van der Waals surface area contributed by atoms with Crippen LogP contribution in [0.3, 0.4) is 0 Å². The molecule has 0 fully saturated rings. The van der Waals surface area contributed by atoms with Crippen molar-refractivity contribution in [2.24, 2.45) is 0 Å². The highest BCUT2D eigenvalue weighted by Crippen LogP contribution is 2.25. The second-order valence-corrected chi connectivity index (χ2v) is 5.42. The van der Waals surface area contributed by atoms with E-state index in [1.165, 1.54) is 22.5 Å². The maximum Gasteiger partial charge on any atom is 0.0411 e. The minimum absolute atomic E-state index is 0.948. The van der Waals surface area contributed by atoms with Crippen molar-refractivity contribution in [2.75, 3.05) is 11.4 Å². The monoisotopic (exact) mass is 299 g/mol. The van der Waals surface area contributed by atoms with Gasteiger partial charge in [0.1, 0.15) is 0 Å². The lowest BCUT2D eigenvalue weighted by atomic mass is 10.1. The second kappa shape index (κ2) is 7.46. The van der Waals surface area contributed by atoms with Crippen molar-refractivity contribution in [1.29, 1.82) is 0 Å². The fourth-order valence-corrected chi connectivity index (χ4v) is 2.64. The molecule has 3 aromatic rings. The number of para-hydroxylation sites is 1. The van der Waals surface area contributed by atoms with Crippen molar-refractivity contribution in [3.8, 4) is 0 Å². The molecule has 0 N–H and O–H groups in total. The minimum atomic E-state index is 0.948. The predicted octanol–water partition coefficient (Wildman–Crippen LogP) is 6.02. The summed E-state index contributed by atoms with van der Waals surface area (Å²) in [7, 11) is 0. The first-order valence-electron chi connectivity index (χ1n) is 8.02. The van der Waals surface area contributed by atoms with Gasteiger partial charge in [-0.1, -0.05) is 72.8 Å². The van der Waals surface area contributed by atoms with Crippen LogP contribution in [-0.2, 0) is 0 Å². The highest BCUT2D eigenvalue weighted by atomic mass is 15.1. The molecule has 1 nitrogen and oxygen atoms in total. The van der Waals surface area contributed by atoms with E-state index in [-0.39, 0.29) is 0 Å². The highest BCUT2D eigenvalue weighted by Gasteiger charge is 2.05. The van der Waals surface area contributed by atoms with Gasteiger partial charge in [0, 0.05) is 17.9 Å². The molecule has 0 aliphatic carbocycles. The first-order chi connectivity index (χ1) is 11.4. The highest BCUT2D eigenvalue weighted by molar-refractivity contribution is 5.71. The van der Waals surface area contributed by atoms with E-state index >= 15 is 0 Å². The van der Waals surface area contributed by atoms with Gasteiger partial charge >= 0.3 is 0 Å². The Morgan fingerprint density at radius 3 is 1.65 bits per heavy atom. The van der Waals surface area contributed by atoms with Crippen LogP contribution in [0.15, 0.2) is 84.9 Å². The summed E-state index contributed by atoms with van der Waals surface area (Å²) in [5.41, 5.74) is 4.87. The summed E-state index contributed by atoms with van der Waals surface area (Å²) in [6, 6.07) is 29.6. The molecule has 0 saturated heterocycles. The van der Waals surface area contributed by atoms with Gasteiger partial charge in [-0.05, 0) is 42.3 Å². The molecule has 1 heteroatoms. The van der Waals surface area contributed by atoms with Crippen molar-refractivity contribution >= 4 is 23.5 Å². The third-order valence-electron chi connectivity index (χ3n) is 3.86. The summed E-state index contributed by atoms with van der Waals surface area (Å²) in [5.74, 6) is 0. The number of nitrogens with zero attached hydrogens (tertiary/aromatic N) is 1. The zero-order valence-corrected chi connectivity index (χ0v) is 13.4. The van der Waals surface area contributed by atoms with Crippen LogP contribution in [0.2, 0.25) is 0 Å². The average Bonchev–Trinajstić information content (AvgIpc) is 2.63. The van der Waals surface area contributed by atoms with E-state index < -0.39 is 0 Å². The molecule has 0 bridgehead atoms. The van der Waals surface area contributed by atoms with Gasteiger partial charge in [0.2, 0.25) is 0 Å². The zero-order chi connectivity index (χ0) is 15.9. The lowest BCUT2D eigenvalue weighted by Gasteiger charge is -2.23. The number of benzene rings is 3. The zero-order valence-electron chi connectivity index (χ0n) is 13.4. The summed E-state index contributed by atoms with van der Waals surface area (Å²) >= 11 is 0. The first-order valence-corrected chi connectivity index (χ1v) is 8.02. The topological polar surface area (TPSA) is 3.24 Å². The fraction of sp³-hybridized carbons (Fsp3) is 0.0909. The summed E-state index contributed by atoms with van der Waals surface area (Å²) in [6.07, 6.45) is 4.29. The molecular formula is C22H21N. The molecule has 0 atom stereocenters. The quantitative estimate of drug-likeness (QED) is 0.521. The largest absolute Gasteiger partial charge is 0.342 e. The smallest absolute Gasteiger partial charge is 0.0411 e. The maximum absolute atomic E-state index is 2.31. The molecular weight excluding hydrogens is 278 g/mol. The Bertz CT molecular complexity index is 743. The Balaban J connectivity index is 1.77. The number of hydrogen-bond acceptors (Lipinski definition) is 1. The van der Waals surface area contributed by atoms with E-state index in [0.717, 1.165) is 6.54 Å². The van der Waals surface area contributed by atoms with Gasteiger partial charge in [0.05, 0.1) is 0 Å². The van der Waals surface area contributed by atoms with Gasteiger partial charge in [-0.2, -0.15) is 0 Å². The van der Waals surface area contributed by atoms with E-state index in [1.54, 1.807) is 0 Å². The van der Waals surface area contributed by atoms with Crippen LogP contribution in [-0.4, -0.2) is 6.54 Å². The van der Waals surface area contributed by atoms with E-state index in [0.29, 0.717) is 0 Å². The van der Waals surface area contributed by atoms with Crippen LogP contribution in [0.4, 0.5) is 11.4 Å². The summed E-state index contributed by atoms with van der Waals surface area (Å²) in [5, 5.41) is 0. The third kappa shape index (κ3) is 3.89. The van der Waals surface area contributed by atoms with Crippen molar-refractivity contribution in [2.45, 2.75) is 6.92 Å². The van der Waals surface area contributed by atoms with Crippen molar-refractivity contribution in [1.82, 2.24) is 0 Å². The number of anilines is 2. The van der Waals surface area contributed by atoms with Gasteiger partial charge < -0.3 is 4.90 Å². The molecule has 0 aromatic heterocycles. The molecule has 0 aliphatic heterocycles. The van der Waals surface area contributed by atoms with E-state index in [4.69, 9.17) is 0 Å². The molecule has 3 aromatic carbocycles. The van der Waals surface area contributed by atoms with Crippen molar-refractivity contribution < 1.29 is 0 Å². The van der Waals surface area contributed by atoms with Gasteiger partial charge in [0.25, 0.3) is 0 Å². The fourth-order valence-electron chi connectivity index (χ4n) is 2.64. The maximum atomic E-state index is 2.31. The Kier molecular flexibility index (Phi) is 4.90. The predicted molar refractivity (Wildman–Crippen MR) is 101 cm³/mol. The van der Waals surface area contributed by atoms with E-state index in [9.17, 15) is 0 Å². The van der Waals surface area contributed by atoms with E-state index in [2.05, 4.69) is 103 Å². The Morgan fingerprint density at radius 2 is 1.09 bits per heavy atom. The third-order valence-corrected chi connectivity index (χ3v) is 3.86. The van der Waals surface area contributed by atoms with Crippen LogP contribution < -0.4 is 4.90 Å². The Labute approximate surface area is 138 Å². The van der Waals surface area contributed by atoms with Crippen LogP contribution >= 0.6 is 0 Å². The molecule has 114 valence electrons. The normalized spacial score (nSPS) is 10.8. The minimum Gasteiger partial charge on any atom is -0.342 e. The van der Waals surface area contributed by atoms with Gasteiger partial charge in [-0.3, -0.25) is 0 Å². The van der Waals surface area contributed by atoms with Gasteiger partial charge in [-0.25, -0.2) is 0 Å². The number of hydrogen-bond donors (Lipinski definition) is 0. The first kappa shape index (κ1) is 15.1. The van der Waals surface area contributed by atoms with Crippen LogP contribution in [0.5, 0.6) is 0 Å². The lowest BCUT2D eigenvalue weighted by molar-refractivity contribution is 1.02. The molecule has 0 amide bonds. The second-order valence-electron chi connectivity index (χ2n) is 5.42. The van der Waals surface area contributed by atoms with Gasteiger partial charge in [-0.15, -0.1) is 0 Å². The summed E-state index contributed by atoms with van der Waals surface area (Å²) in [4.78, 5) is 2.31. The standard InChI is InChI=1S/C22H21N/c1-2-23(21-11-7-4-8-12-21)22-17-15-20(16-18-22)14-13-19-9-5-3-6-10-19/h3-18H,2H2,1H3. The lowest BCUT2D eigenvalue weighted by Crippen LogP contribution is -2.15. The summed E-state index contributed by atoms with van der Waals surface area (Å²) in [6.45, 7) is 3.12. The van der Waals surface area contributed by atoms with Crippen LogP contribution in [0.1, 0.15) is 18.1 Å². The SMILES string of the molecule is CCN(c1ccccc1)c1ccc(C=Cc2ccccc2)cc1. The van der Waals surface area contributed by atoms with Gasteiger partial charge in [0.15, 0.2) is 0 Å². The Morgan fingerprint density at radius 1 is 0.609 bits per heavy atom. The summed E-state index contributed by atoms with van der Waals surface area (Å²) < 4.78 is 0. The molecule has 23 heavy (non-hydrogen) atoms. The molecule has 0 spiro atoms. The number of rotatable bonds is 5. The van der Waals surface area contributed by atoms with Crippen molar-refractivity contribution in [3.05, 3.63) is 96.1 Å². The Hall–Kier alpha value is -2.80.